The van der Waals surface area contributed by atoms with Crippen LogP contribution in [0.3, 0.4) is 0 Å². The van der Waals surface area contributed by atoms with Crippen molar-refractivity contribution in [2.75, 3.05) is 12.4 Å². The number of anilines is 1. The van der Waals surface area contributed by atoms with E-state index in [2.05, 4.69) is 17.6 Å². The number of ether oxygens (including phenoxy) is 1. The van der Waals surface area contributed by atoms with Gasteiger partial charge in [0.15, 0.2) is 0 Å². The molecule has 2 saturated carbocycles. The van der Waals surface area contributed by atoms with Crippen molar-refractivity contribution < 1.29 is 14.5 Å². The van der Waals surface area contributed by atoms with Gasteiger partial charge in [0.2, 0.25) is 0 Å². The second-order valence-electron chi connectivity index (χ2n) is 6.87. The molecule has 130 valence electrons. The summed E-state index contributed by atoms with van der Waals surface area (Å²) in [6.07, 6.45) is 5.11. The predicted molar refractivity (Wildman–Crippen MR) is 90.2 cm³/mol. The second-order valence-corrected chi connectivity index (χ2v) is 6.87. The Hall–Kier alpha value is -2.31. The standard InChI is InChI=1S/C17H23N3O4/c1-10(14-8-11-3-4-12(14)7-11)18-17(21)19-15-6-5-13(20(22)23)9-16(15)24-2/h5-6,9-12,14H,3-4,7-8H2,1-2H3,(H2,18,19,21)/t10-,11+,12+,14-/m1/s1. The number of carbonyl (C=O) groups excluding carboxylic acids is 1. The first-order valence-corrected chi connectivity index (χ1v) is 8.38. The van der Waals surface area contributed by atoms with Crippen LogP contribution in [-0.2, 0) is 0 Å². The first-order valence-electron chi connectivity index (χ1n) is 8.38. The number of amides is 2. The van der Waals surface area contributed by atoms with Gasteiger partial charge in [0.1, 0.15) is 5.75 Å². The van der Waals surface area contributed by atoms with Crippen LogP contribution in [0.2, 0.25) is 0 Å². The fraction of sp³-hybridized carbons (Fsp3) is 0.588. The van der Waals surface area contributed by atoms with Crippen molar-refractivity contribution >= 4 is 17.4 Å². The molecule has 0 radical (unpaired) electrons. The summed E-state index contributed by atoms with van der Waals surface area (Å²) in [6, 6.07) is 3.94. The Bertz CT molecular complexity index is 649. The molecule has 2 aliphatic carbocycles. The molecule has 2 fully saturated rings. The zero-order valence-corrected chi connectivity index (χ0v) is 14.0. The number of nitrogens with zero attached hydrogens (tertiary/aromatic N) is 1. The van der Waals surface area contributed by atoms with E-state index in [0.717, 1.165) is 11.8 Å². The molecule has 2 bridgehead atoms. The minimum atomic E-state index is -0.496. The lowest BCUT2D eigenvalue weighted by Gasteiger charge is -2.28. The van der Waals surface area contributed by atoms with Crippen molar-refractivity contribution in [3.63, 3.8) is 0 Å². The molecule has 0 spiro atoms. The molecule has 0 unspecified atom stereocenters. The third-order valence-corrected chi connectivity index (χ3v) is 5.44. The molecule has 0 saturated heterocycles. The van der Waals surface area contributed by atoms with Crippen LogP contribution in [0.15, 0.2) is 18.2 Å². The molecule has 1 aromatic carbocycles. The van der Waals surface area contributed by atoms with Crippen LogP contribution in [-0.4, -0.2) is 24.1 Å². The fourth-order valence-corrected chi connectivity index (χ4v) is 4.28. The van der Waals surface area contributed by atoms with Gasteiger partial charge in [-0.3, -0.25) is 10.1 Å². The van der Waals surface area contributed by atoms with E-state index in [1.165, 1.54) is 51.0 Å². The first kappa shape index (κ1) is 16.5. The first-order chi connectivity index (χ1) is 11.5. The van der Waals surface area contributed by atoms with E-state index in [4.69, 9.17) is 4.74 Å². The predicted octanol–water partition coefficient (Wildman–Crippen LogP) is 3.55. The topological polar surface area (TPSA) is 93.5 Å². The van der Waals surface area contributed by atoms with Crippen LogP contribution in [0.4, 0.5) is 16.2 Å². The number of methoxy groups -OCH3 is 1. The highest BCUT2D eigenvalue weighted by Crippen LogP contribution is 2.49. The highest BCUT2D eigenvalue weighted by Gasteiger charge is 2.42. The lowest BCUT2D eigenvalue weighted by atomic mass is 9.84. The molecule has 24 heavy (non-hydrogen) atoms. The quantitative estimate of drug-likeness (QED) is 0.636. The molecule has 7 nitrogen and oxygen atoms in total. The molecule has 0 aromatic heterocycles. The maximum absolute atomic E-state index is 12.3. The molecule has 2 amide bonds. The minimum absolute atomic E-state index is 0.0758. The van der Waals surface area contributed by atoms with Gasteiger partial charge in [-0.2, -0.15) is 0 Å². The summed E-state index contributed by atoms with van der Waals surface area (Å²) in [5, 5.41) is 16.5. The van der Waals surface area contributed by atoms with Crippen LogP contribution in [0.1, 0.15) is 32.6 Å². The number of non-ortho nitro benzene ring substituents is 1. The highest BCUT2D eigenvalue weighted by atomic mass is 16.6. The summed E-state index contributed by atoms with van der Waals surface area (Å²) in [4.78, 5) is 22.6. The van der Waals surface area contributed by atoms with Gasteiger partial charge in [-0.25, -0.2) is 4.79 Å². The van der Waals surface area contributed by atoms with E-state index >= 15 is 0 Å². The molecule has 1 aromatic rings. The van der Waals surface area contributed by atoms with Gasteiger partial charge in [-0.1, -0.05) is 6.42 Å². The molecular formula is C17H23N3O4. The van der Waals surface area contributed by atoms with Crippen LogP contribution in [0.5, 0.6) is 5.75 Å². The third-order valence-electron chi connectivity index (χ3n) is 5.44. The van der Waals surface area contributed by atoms with E-state index in [9.17, 15) is 14.9 Å². The largest absolute Gasteiger partial charge is 0.494 e. The van der Waals surface area contributed by atoms with Gasteiger partial charge in [-0.15, -0.1) is 0 Å². The van der Waals surface area contributed by atoms with Crippen molar-refractivity contribution in [3.05, 3.63) is 28.3 Å². The average Bonchev–Trinajstić information content (AvgIpc) is 3.17. The molecule has 2 N–H and O–H groups in total. The number of benzene rings is 1. The van der Waals surface area contributed by atoms with E-state index in [1.54, 1.807) is 0 Å². The van der Waals surface area contributed by atoms with E-state index in [0.29, 0.717) is 11.6 Å². The van der Waals surface area contributed by atoms with Gasteiger partial charge in [0.05, 0.1) is 23.8 Å². The maximum Gasteiger partial charge on any atom is 0.319 e. The SMILES string of the molecule is COc1cc([N+](=O)[O-])ccc1NC(=O)N[C@H](C)[C@H]1C[C@H]2CC[C@H]1C2. The Balaban J connectivity index is 1.61. The lowest BCUT2D eigenvalue weighted by molar-refractivity contribution is -0.384. The van der Waals surface area contributed by atoms with Crippen molar-refractivity contribution in [1.29, 1.82) is 0 Å². The number of fused-ring (bicyclic) bond motifs is 2. The Morgan fingerprint density at radius 2 is 2.17 bits per heavy atom. The van der Waals surface area contributed by atoms with E-state index in [-0.39, 0.29) is 23.5 Å². The van der Waals surface area contributed by atoms with Gasteiger partial charge < -0.3 is 15.4 Å². The van der Waals surface area contributed by atoms with Gasteiger partial charge in [0, 0.05) is 12.1 Å². The Kier molecular flexibility index (Phi) is 4.59. The van der Waals surface area contributed by atoms with Crippen molar-refractivity contribution in [2.24, 2.45) is 17.8 Å². The van der Waals surface area contributed by atoms with Gasteiger partial charge in [-0.05, 0) is 50.0 Å². The number of carbonyl (C=O) groups is 1. The summed E-state index contributed by atoms with van der Waals surface area (Å²) in [6.45, 7) is 2.05. The number of hydrogen-bond donors (Lipinski definition) is 2. The molecule has 0 aliphatic heterocycles. The third kappa shape index (κ3) is 3.29. The Morgan fingerprint density at radius 1 is 1.38 bits per heavy atom. The van der Waals surface area contributed by atoms with E-state index in [1.807, 2.05) is 0 Å². The number of nitro groups is 1. The highest BCUT2D eigenvalue weighted by molar-refractivity contribution is 5.91. The summed E-state index contributed by atoms with van der Waals surface area (Å²) < 4.78 is 5.14. The molecule has 2 aliphatic rings. The van der Waals surface area contributed by atoms with Crippen LogP contribution >= 0.6 is 0 Å². The second kappa shape index (κ2) is 6.67. The molecular weight excluding hydrogens is 310 g/mol. The average molecular weight is 333 g/mol. The normalized spacial score (nSPS) is 26.0. The van der Waals surface area contributed by atoms with Crippen LogP contribution in [0, 0.1) is 27.9 Å². The van der Waals surface area contributed by atoms with Crippen molar-refractivity contribution in [3.8, 4) is 5.75 Å². The smallest absolute Gasteiger partial charge is 0.319 e. The van der Waals surface area contributed by atoms with Crippen molar-refractivity contribution in [1.82, 2.24) is 5.32 Å². The van der Waals surface area contributed by atoms with E-state index < -0.39 is 4.92 Å². The van der Waals surface area contributed by atoms with Gasteiger partial charge >= 0.3 is 6.03 Å². The summed E-state index contributed by atoms with van der Waals surface area (Å²) >= 11 is 0. The van der Waals surface area contributed by atoms with Crippen molar-refractivity contribution in [2.45, 2.75) is 38.6 Å². The van der Waals surface area contributed by atoms with Crippen LogP contribution in [0.25, 0.3) is 0 Å². The number of rotatable bonds is 5. The summed E-state index contributed by atoms with van der Waals surface area (Å²) in [5.74, 6) is 2.39. The minimum Gasteiger partial charge on any atom is -0.494 e. The number of urea groups is 1. The molecule has 7 heteroatoms. The Morgan fingerprint density at radius 3 is 2.75 bits per heavy atom. The molecule has 0 heterocycles. The number of nitro benzene ring substituents is 1. The molecule has 3 rings (SSSR count). The number of hydrogen-bond acceptors (Lipinski definition) is 4. The number of nitrogens with one attached hydrogen (secondary N) is 2. The Labute approximate surface area is 140 Å². The van der Waals surface area contributed by atoms with Gasteiger partial charge in [0.25, 0.3) is 5.69 Å². The fourth-order valence-electron chi connectivity index (χ4n) is 4.28. The zero-order valence-electron chi connectivity index (χ0n) is 14.0. The molecule has 4 atom stereocenters. The van der Waals surface area contributed by atoms with Crippen LogP contribution < -0.4 is 15.4 Å². The maximum atomic E-state index is 12.3. The monoisotopic (exact) mass is 333 g/mol. The zero-order chi connectivity index (χ0) is 17.3. The summed E-state index contributed by atoms with van der Waals surface area (Å²) in [5.41, 5.74) is 0.342. The lowest BCUT2D eigenvalue weighted by Crippen LogP contribution is -2.42. The summed E-state index contributed by atoms with van der Waals surface area (Å²) in [7, 11) is 1.42.